The van der Waals surface area contributed by atoms with E-state index in [9.17, 15) is 10.1 Å². The Balaban J connectivity index is 1.54. The Bertz CT molecular complexity index is 1190. The van der Waals surface area contributed by atoms with Gasteiger partial charge in [-0.15, -0.1) is 0 Å². The number of hydrogen-bond acceptors (Lipinski definition) is 8. The summed E-state index contributed by atoms with van der Waals surface area (Å²) in [7, 11) is 1.35. The van der Waals surface area contributed by atoms with Crippen LogP contribution >= 0.6 is 0 Å². The molecular weight excluding hydrogens is 394 g/mol. The third kappa shape index (κ3) is 4.16. The van der Waals surface area contributed by atoms with Crippen LogP contribution in [0.5, 0.6) is 5.75 Å². The summed E-state index contributed by atoms with van der Waals surface area (Å²) < 4.78 is 10.5. The van der Waals surface area contributed by atoms with Crippen LogP contribution in [0, 0.1) is 18.3 Å². The first kappa shape index (κ1) is 19.9. The molecule has 0 amide bonds. The molecule has 0 aliphatic carbocycles. The average molecular weight is 413 g/mol. The molecule has 8 nitrogen and oxygen atoms in total. The number of nitrogens with one attached hydrogen (secondary N) is 2. The van der Waals surface area contributed by atoms with E-state index in [0.29, 0.717) is 41.0 Å². The third-order valence-electron chi connectivity index (χ3n) is 4.72. The Hall–Kier alpha value is -4.38. The van der Waals surface area contributed by atoms with Gasteiger partial charge in [0.15, 0.2) is 5.75 Å². The molecule has 0 fully saturated rings. The van der Waals surface area contributed by atoms with E-state index in [1.54, 1.807) is 18.3 Å². The van der Waals surface area contributed by atoms with Crippen LogP contribution in [0.1, 0.15) is 27.2 Å². The van der Waals surface area contributed by atoms with Gasteiger partial charge in [-0.2, -0.15) is 5.26 Å². The molecule has 2 aromatic carbocycles. The van der Waals surface area contributed by atoms with Crippen molar-refractivity contribution < 1.29 is 14.3 Å². The van der Waals surface area contributed by atoms with Crippen molar-refractivity contribution in [3.8, 4) is 11.8 Å². The second kappa shape index (κ2) is 8.55. The van der Waals surface area contributed by atoms with Crippen molar-refractivity contribution in [1.82, 2.24) is 9.97 Å². The number of benzene rings is 2. The first-order chi connectivity index (χ1) is 15.1. The van der Waals surface area contributed by atoms with Gasteiger partial charge in [-0.3, -0.25) is 0 Å². The lowest BCUT2D eigenvalue weighted by Gasteiger charge is -2.10. The summed E-state index contributed by atoms with van der Waals surface area (Å²) in [5, 5.41) is 16.1. The van der Waals surface area contributed by atoms with E-state index >= 15 is 0 Å². The summed E-state index contributed by atoms with van der Waals surface area (Å²) in [5.74, 6) is 0.995. The van der Waals surface area contributed by atoms with E-state index in [4.69, 9.17) is 9.47 Å². The maximum Gasteiger partial charge on any atom is 0.337 e. The molecule has 1 aliphatic rings. The molecule has 8 heteroatoms. The number of esters is 1. The fraction of sp³-hybridized carbons (Fsp3) is 0.130. The van der Waals surface area contributed by atoms with Gasteiger partial charge in [0.25, 0.3) is 0 Å². The van der Waals surface area contributed by atoms with Crippen LogP contribution in [0.3, 0.4) is 0 Å². The molecule has 0 spiro atoms. The number of para-hydroxylation sites is 2. The molecule has 0 atom stereocenters. The largest absolute Gasteiger partial charge is 0.465 e. The first-order valence-electron chi connectivity index (χ1n) is 9.52. The van der Waals surface area contributed by atoms with Gasteiger partial charge in [-0.1, -0.05) is 24.3 Å². The van der Waals surface area contributed by atoms with Gasteiger partial charge < -0.3 is 20.1 Å². The van der Waals surface area contributed by atoms with E-state index in [-0.39, 0.29) is 5.97 Å². The summed E-state index contributed by atoms with van der Waals surface area (Å²) in [4.78, 5) is 20.4. The van der Waals surface area contributed by atoms with Gasteiger partial charge in [0, 0.05) is 12.7 Å². The van der Waals surface area contributed by atoms with Gasteiger partial charge in [0.05, 0.1) is 24.1 Å². The SMILES string of the molecule is COC(=O)c1ccc(CNc2ncc(C)c(C(C#N)=C3Nc4ccccc4O3)n2)cc1. The summed E-state index contributed by atoms with van der Waals surface area (Å²) in [5.41, 5.74) is 3.74. The topological polar surface area (TPSA) is 109 Å². The number of methoxy groups -OCH3 is 1. The number of allylic oxidation sites excluding steroid dienone is 1. The van der Waals surface area contributed by atoms with Gasteiger partial charge in [-0.05, 0) is 42.3 Å². The van der Waals surface area contributed by atoms with Crippen LogP contribution < -0.4 is 15.4 Å². The zero-order valence-electron chi connectivity index (χ0n) is 17.0. The van der Waals surface area contributed by atoms with Crippen LogP contribution in [0.2, 0.25) is 0 Å². The van der Waals surface area contributed by atoms with Crippen molar-refractivity contribution in [2.75, 3.05) is 17.7 Å². The van der Waals surface area contributed by atoms with Crippen molar-refractivity contribution in [2.24, 2.45) is 0 Å². The number of carbonyl (C=O) groups excluding carboxylic acids is 1. The maximum absolute atomic E-state index is 11.5. The zero-order chi connectivity index (χ0) is 21.8. The number of carbonyl (C=O) groups is 1. The lowest BCUT2D eigenvalue weighted by Crippen LogP contribution is -2.09. The minimum Gasteiger partial charge on any atom is -0.465 e. The maximum atomic E-state index is 11.5. The summed E-state index contributed by atoms with van der Waals surface area (Å²) in [6, 6.07) is 16.7. The minimum absolute atomic E-state index is 0.293. The molecular formula is C23H19N5O3. The van der Waals surface area contributed by atoms with Crippen molar-refractivity contribution in [3.63, 3.8) is 0 Å². The molecule has 2 N–H and O–H groups in total. The summed E-state index contributed by atoms with van der Waals surface area (Å²) >= 11 is 0. The zero-order valence-corrected chi connectivity index (χ0v) is 17.0. The number of aryl methyl sites for hydroxylation is 1. The van der Waals surface area contributed by atoms with Crippen molar-refractivity contribution in [2.45, 2.75) is 13.5 Å². The Morgan fingerprint density at radius 1 is 1.23 bits per heavy atom. The molecule has 1 aliphatic heterocycles. The predicted molar refractivity (Wildman–Crippen MR) is 115 cm³/mol. The van der Waals surface area contributed by atoms with Crippen LogP contribution in [-0.2, 0) is 11.3 Å². The number of nitriles is 1. The molecule has 0 bridgehead atoms. The predicted octanol–water partition coefficient (Wildman–Crippen LogP) is 3.88. The molecule has 3 aromatic rings. The third-order valence-corrected chi connectivity index (χ3v) is 4.72. The number of nitrogens with zero attached hydrogens (tertiary/aromatic N) is 3. The highest BCUT2D eigenvalue weighted by atomic mass is 16.5. The lowest BCUT2D eigenvalue weighted by molar-refractivity contribution is 0.0600. The highest BCUT2D eigenvalue weighted by Gasteiger charge is 2.23. The fourth-order valence-corrected chi connectivity index (χ4v) is 3.08. The molecule has 4 rings (SSSR count). The standard InChI is InChI=1S/C23H19N5O3/c1-14-12-25-23(26-13-15-7-9-16(10-8-15)22(29)30-2)28-20(14)17(11-24)21-27-18-5-3-4-6-19(18)31-21/h3-10,12,27H,13H2,1-2H3,(H,25,26,28). The summed E-state index contributed by atoms with van der Waals surface area (Å²) in [6.45, 7) is 2.28. The summed E-state index contributed by atoms with van der Waals surface area (Å²) in [6.07, 6.45) is 1.66. The average Bonchev–Trinajstić information content (AvgIpc) is 3.23. The lowest BCUT2D eigenvalue weighted by atomic mass is 10.1. The normalized spacial score (nSPS) is 13.3. The second-order valence-corrected chi connectivity index (χ2v) is 6.81. The molecule has 1 aromatic heterocycles. The quantitative estimate of drug-likeness (QED) is 0.479. The van der Waals surface area contributed by atoms with Gasteiger partial charge >= 0.3 is 5.97 Å². The number of fused-ring (bicyclic) bond motifs is 1. The number of aromatic nitrogens is 2. The van der Waals surface area contributed by atoms with Crippen molar-refractivity contribution in [3.05, 3.63) is 83.0 Å². The highest BCUT2D eigenvalue weighted by Crippen LogP contribution is 2.35. The molecule has 0 saturated carbocycles. The van der Waals surface area contributed by atoms with E-state index in [0.717, 1.165) is 16.8 Å². The number of ether oxygens (including phenoxy) is 2. The van der Waals surface area contributed by atoms with Crippen LogP contribution in [0.25, 0.3) is 5.57 Å². The Morgan fingerprint density at radius 3 is 2.71 bits per heavy atom. The highest BCUT2D eigenvalue weighted by molar-refractivity contribution is 5.89. The van der Waals surface area contributed by atoms with Crippen LogP contribution in [0.4, 0.5) is 11.6 Å². The number of hydrogen-bond donors (Lipinski definition) is 2. The number of anilines is 2. The molecule has 0 saturated heterocycles. The minimum atomic E-state index is -0.381. The first-order valence-corrected chi connectivity index (χ1v) is 9.52. The Labute approximate surface area is 179 Å². The van der Waals surface area contributed by atoms with Crippen LogP contribution in [-0.4, -0.2) is 23.0 Å². The number of rotatable bonds is 5. The molecule has 31 heavy (non-hydrogen) atoms. The van der Waals surface area contributed by atoms with E-state index in [1.165, 1.54) is 7.11 Å². The molecule has 154 valence electrons. The molecule has 0 unspecified atom stereocenters. The van der Waals surface area contributed by atoms with E-state index < -0.39 is 0 Å². The smallest absolute Gasteiger partial charge is 0.337 e. The van der Waals surface area contributed by atoms with Crippen molar-refractivity contribution in [1.29, 1.82) is 5.26 Å². The fourth-order valence-electron chi connectivity index (χ4n) is 3.08. The Morgan fingerprint density at radius 2 is 2.00 bits per heavy atom. The molecule has 2 heterocycles. The van der Waals surface area contributed by atoms with Crippen LogP contribution in [0.15, 0.2) is 60.6 Å². The van der Waals surface area contributed by atoms with E-state index in [1.807, 2.05) is 43.3 Å². The van der Waals surface area contributed by atoms with Gasteiger partial charge in [0.1, 0.15) is 11.6 Å². The van der Waals surface area contributed by atoms with Gasteiger partial charge in [0.2, 0.25) is 11.8 Å². The monoisotopic (exact) mass is 413 g/mol. The molecule has 0 radical (unpaired) electrons. The van der Waals surface area contributed by atoms with Gasteiger partial charge in [-0.25, -0.2) is 14.8 Å². The van der Waals surface area contributed by atoms with Crippen molar-refractivity contribution >= 4 is 23.2 Å². The van der Waals surface area contributed by atoms with E-state index in [2.05, 4.69) is 26.7 Å². The Kier molecular flexibility index (Phi) is 5.49. The second-order valence-electron chi connectivity index (χ2n) is 6.81.